The number of aromatic nitrogens is 1. The molecule has 0 aliphatic heterocycles. The van der Waals surface area contributed by atoms with Gasteiger partial charge in [0.25, 0.3) is 0 Å². The third-order valence-corrected chi connectivity index (χ3v) is 3.34. The van der Waals surface area contributed by atoms with E-state index in [4.69, 9.17) is 0 Å². The molecule has 0 saturated heterocycles. The lowest BCUT2D eigenvalue weighted by molar-refractivity contribution is 0.899. The van der Waals surface area contributed by atoms with Crippen molar-refractivity contribution < 1.29 is 0 Å². The molecule has 1 N–H and O–H groups in total. The largest absolute Gasteiger partial charge is 0.358 e. The molecular formula is C14H15N. The molecule has 0 unspecified atom stereocenters. The van der Waals surface area contributed by atoms with Crippen molar-refractivity contribution in [3.8, 4) is 0 Å². The minimum Gasteiger partial charge on any atom is -0.358 e. The fraction of sp³-hybridized carbons (Fsp3) is 0.286. The molecule has 1 heteroatoms. The first-order chi connectivity index (χ1) is 7.25. The summed E-state index contributed by atoms with van der Waals surface area (Å²) in [6, 6.07) is 6.60. The molecule has 3 rings (SSSR count). The summed E-state index contributed by atoms with van der Waals surface area (Å²) < 4.78 is 0. The molecule has 2 aromatic rings. The van der Waals surface area contributed by atoms with Gasteiger partial charge in [-0.05, 0) is 49.4 Å². The molecule has 0 fully saturated rings. The minimum absolute atomic E-state index is 1.14. The Balaban J connectivity index is 2.29. The zero-order valence-corrected chi connectivity index (χ0v) is 9.06. The molecular weight excluding hydrogens is 182 g/mol. The van der Waals surface area contributed by atoms with Crippen LogP contribution < -0.4 is 0 Å². The van der Waals surface area contributed by atoms with Crippen LogP contribution in [0.2, 0.25) is 0 Å². The first-order valence-corrected chi connectivity index (χ1v) is 5.55. The first-order valence-electron chi connectivity index (χ1n) is 5.55. The molecule has 1 aliphatic rings. The van der Waals surface area contributed by atoms with Crippen LogP contribution in [0.15, 0.2) is 24.8 Å². The van der Waals surface area contributed by atoms with Crippen LogP contribution in [0.25, 0.3) is 16.5 Å². The summed E-state index contributed by atoms with van der Waals surface area (Å²) in [5, 5.41) is 1.41. The molecule has 0 atom stereocenters. The summed E-state index contributed by atoms with van der Waals surface area (Å²) in [6.07, 6.45) is 3.75. The smallest absolute Gasteiger partial charge is 0.0459 e. The lowest BCUT2D eigenvalue weighted by atomic mass is 10.0. The Morgan fingerprint density at radius 3 is 3.00 bits per heavy atom. The Kier molecular flexibility index (Phi) is 1.75. The van der Waals surface area contributed by atoms with Crippen molar-refractivity contribution in [1.29, 1.82) is 0 Å². The van der Waals surface area contributed by atoms with Gasteiger partial charge in [-0.2, -0.15) is 0 Å². The van der Waals surface area contributed by atoms with E-state index in [2.05, 4.69) is 36.7 Å². The zero-order chi connectivity index (χ0) is 10.4. The Bertz CT molecular complexity index is 546. The molecule has 1 aromatic heterocycles. The Morgan fingerprint density at radius 2 is 2.20 bits per heavy atom. The summed E-state index contributed by atoms with van der Waals surface area (Å²) in [5.74, 6) is 0. The van der Waals surface area contributed by atoms with Crippen molar-refractivity contribution in [3.05, 3.63) is 41.6 Å². The third-order valence-electron chi connectivity index (χ3n) is 3.34. The van der Waals surface area contributed by atoms with E-state index < -0.39 is 0 Å². The van der Waals surface area contributed by atoms with Gasteiger partial charge in [-0.1, -0.05) is 18.2 Å². The summed E-state index contributed by atoms with van der Waals surface area (Å²) in [6.45, 7) is 6.06. The molecule has 1 aromatic carbocycles. The van der Waals surface area contributed by atoms with Crippen molar-refractivity contribution in [2.45, 2.75) is 26.2 Å². The van der Waals surface area contributed by atoms with E-state index in [0.717, 1.165) is 5.57 Å². The second-order valence-electron chi connectivity index (χ2n) is 4.48. The van der Waals surface area contributed by atoms with Crippen LogP contribution in [0.3, 0.4) is 0 Å². The topological polar surface area (TPSA) is 15.8 Å². The molecule has 0 bridgehead atoms. The summed E-state index contributed by atoms with van der Waals surface area (Å²) in [7, 11) is 0. The van der Waals surface area contributed by atoms with Crippen LogP contribution in [-0.2, 0) is 12.8 Å². The van der Waals surface area contributed by atoms with Gasteiger partial charge in [0, 0.05) is 16.6 Å². The number of rotatable bonds is 1. The quantitative estimate of drug-likeness (QED) is 0.717. The van der Waals surface area contributed by atoms with Crippen LogP contribution in [0, 0.1) is 0 Å². The summed E-state index contributed by atoms with van der Waals surface area (Å²) in [5.41, 5.74) is 6.67. The van der Waals surface area contributed by atoms with E-state index in [1.165, 1.54) is 47.0 Å². The van der Waals surface area contributed by atoms with E-state index >= 15 is 0 Å². The fourth-order valence-electron chi connectivity index (χ4n) is 2.51. The van der Waals surface area contributed by atoms with Crippen LogP contribution >= 0.6 is 0 Å². The number of aryl methyl sites for hydroxylation is 2. The lowest BCUT2D eigenvalue weighted by Crippen LogP contribution is -1.80. The van der Waals surface area contributed by atoms with Gasteiger partial charge in [0.2, 0.25) is 0 Å². The number of benzene rings is 1. The highest BCUT2D eigenvalue weighted by molar-refractivity contribution is 5.88. The number of aromatic amines is 1. The SMILES string of the molecule is C=C(C)c1ccc2[nH]c3c(c2c1)CCC3. The zero-order valence-electron chi connectivity index (χ0n) is 9.06. The highest BCUT2D eigenvalue weighted by atomic mass is 14.7. The Labute approximate surface area is 89.8 Å². The van der Waals surface area contributed by atoms with Gasteiger partial charge >= 0.3 is 0 Å². The van der Waals surface area contributed by atoms with E-state index in [0.29, 0.717) is 0 Å². The number of fused-ring (bicyclic) bond motifs is 3. The number of hydrogen-bond acceptors (Lipinski definition) is 0. The van der Waals surface area contributed by atoms with Crippen molar-refractivity contribution in [2.24, 2.45) is 0 Å². The third kappa shape index (κ3) is 1.23. The molecule has 1 aliphatic carbocycles. The minimum atomic E-state index is 1.14. The monoisotopic (exact) mass is 197 g/mol. The standard InChI is InChI=1S/C14H15N/c1-9(2)10-6-7-14-12(8-10)11-4-3-5-13(11)15-14/h6-8,15H,1,3-5H2,2H3. The van der Waals surface area contributed by atoms with Crippen molar-refractivity contribution in [1.82, 2.24) is 4.98 Å². The lowest BCUT2D eigenvalue weighted by Gasteiger charge is -2.00. The first kappa shape index (κ1) is 8.78. The van der Waals surface area contributed by atoms with E-state index in [9.17, 15) is 0 Å². The van der Waals surface area contributed by atoms with Crippen LogP contribution in [0.5, 0.6) is 0 Å². The molecule has 0 spiro atoms. The van der Waals surface area contributed by atoms with Crippen LogP contribution in [0.4, 0.5) is 0 Å². The van der Waals surface area contributed by atoms with Crippen molar-refractivity contribution in [3.63, 3.8) is 0 Å². The normalized spacial score (nSPS) is 14.5. The molecule has 15 heavy (non-hydrogen) atoms. The number of allylic oxidation sites excluding steroid dienone is 1. The van der Waals surface area contributed by atoms with Gasteiger partial charge in [-0.15, -0.1) is 0 Å². The number of hydrogen-bond donors (Lipinski definition) is 1. The fourth-order valence-corrected chi connectivity index (χ4v) is 2.51. The predicted octanol–water partition coefficient (Wildman–Crippen LogP) is 3.69. The van der Waals surface area contributed by atoms with Gasteiger partial charge in [0.1, 0.15) is 0 Å². The highest BCUT2D eigenvalue weighted by Gasteiger charge is 2.16. The van der Waals surface area contributed by atoms with Crippen molar-refractivity contribution in [2.75, 3.05) is 0 Å². The maximum Gasteiger partial charge on any atom is 0.0459 e. The average molecular weight is 197 g/mol. The number of H-pyrrole nitrogens is 1. The Hall–Kier alpha value is -1.50. The van der Waals surface area contributed by atoms with Crippen LogP contribution in [0.1, 0.15) is 30.2 Å². The Morgan fingerprint density at radius 1 is 1.33 bits per heavy atom. The molecule has 1 heterocycles. The van der Waals surface area contributed by atoms with Crippen molar-refractivity contribution >= 4 is 16.5 Å². The van der Waals surface area contributed by atoms with Gasteiger partial charge in [-0.25, -0.2) is 0 Å². The molecule has 0 saturated carbocycles. The molecule has 0 amide bonds. The van der Waals surface area contributed by atoms with E-state index in [1.807, 2.05) is 0 Å². The molecule has 0 radical (unpaired) electrons. The molecule has 1 nitrogen and oxygen atoms in total. The summed E-state index contributed by atoms with van der Waals surface area (Å²) >= 11 is 0. The van der Waals surface area contributed by atoms with E-state index in [-0.39, 0.29) is 0 Å². The second-order valence-corrected chi connectivity index (χ2v) is 4.48. The van der Waals surface area contributed by atoms with E-state index in [1.54, 1.807) is 0 Å². The van der Waals surface area contributed by atoms with Gasteiger partial charge in [-0.3, -0.25) is 0 Å². The van der Waals surface area contributed by atoms with Gasteiger partial charge < -0.3 is 4.98 Å². The maximum atomic E-state index is 4.00. The van der Waals surface area contributed by atoms with Gasteiger partial charge in [0.05, 0.1) is 0 Å². The number of nitrogens with one attached hydrogen (secondary N) is 1. The van der Waals surface area contributed by atoms with Gasteiger partial charge in [0.15, 0.2) is 0 Å². The predicted molar refractivity (Wildman–Crippen MR) is 65.0 cm³/mol. The second kappa shape index (κ2) is 2.99. The summed E-state index contributed by atoms with van der Waals surface area (Å²) in [4.78, 5) is 3.51. The molecule has 76 valence electrons. The highest BCUT2D eigenvalue weighted by Crippen LogP contribution is 2.31. The maximum absolute atomic E-state index is 4.00. The van der Waals surface area contributed by atoms with Crippen LogP contribution in [-0.4, -0.2) is 4.98 Å². The average Bonchev–Trinajstić information content (AvgIpc) is 2.75.